The average molecular weight is 805 g/mol. The number of benzene rings is 8. The van der Waals surface area contributed by atoms with E-state index in [0.717, 1.165) is 67.0 Å². The normalized spacial score (nSPS) is 11.4. The van der Waals surface area contributed by atoms with Crippen LogP contribution in [0.2, 0.25) is 0 Å². The lowest BCUT2D eigenvalue weighted by Gasteiger charge is -2.19. The predicted octanol–water partition coefficient (Wildman–Crippen LogP) is 15.4. The summed E-state index contributed by atoms with van der Waals surface area (Å²) in [6.45, 7) is 23.5. The van der Waals surface area contributed by atoms with E-state index in [4.69, 9.17) is 19.7 Å². The predicted molar refractivity (Wildman–Crippen MR) is 240 cm³/mol. The molecule has 0 aliphatic carbocycles. The largest absolute Gasteiger partial charge is 0.415 e. The van der Waals surface area contributed by atoms with Crippen molar-refractivity contribution in [2.24, 2.45) is 0 Å². The van der Waals surface area contributed by atoms with Crippen LogP contribution in [0.1, 0.15) is 11.1 Å². The second kappa shape index (κ2) is 14.4. The number of rotatable bonds is 5. The SMILES string of the molecule is [C-]#[N+]c1cc(-c2cc(-n3c4ccccc4c4ccc(-c5ccccc5[N+]#[C-])cc43)c(C#N)c(-n3c4ccccc4c4ccc(-c5ccccc5[N+]#[C-])cc43)c2)cc(C(F)(F)F)c1. The molecule has 9 heteroatoms. The Labute approximate surface area is 353 Å². The summed E-state index contributed by atoms with van der Waals surface area (Å²) in [5.41, 5.74) is 7.32. The van der Waals surface area contributed by atoms with E-state index >= 15 is 0 Å². The Morgan fingerprint density at radius 3 is 1.37 bits per heavy atom. The van der Waals surface area contributed by atoms with Gasteiger partial charge in [-0.15, -0.1) is 0 Å². The molecule has 0 saturated heterocycles. The molecule has 0 aliphatic rings. The van der Waals surface area contributed by atoms with E-state index in [-0.39, 0.29) is 16.8 Å². The van der Waals surface area contributed by atoms with Crippen molar-refractivity contribution < 1.29 is 13.2 Å². The molecule has 0 fully saturated rings. The van der Waals surface area contributed by atoms with E-state index in [1.807, 2.05) is 130 Å². The van der Waals surface area contributed by atoms with E-state index in [2.05, 4.69) is 20.6 Å². The molecule has 6 nitrogen and oxygen atoms in total. The van der Waals surface area contributed by atoms with Crippen LogP contribution < -0.4 is 0 Å². The summed E-state index contributed by atoms with van der Waals surface area (Å²) in [6.07, 6.45) is -4.73. The van der Waals surface area contributed by atoms with Crippen molar-refractivity contribution in [2.75, 3.05) is 0 Å². The van der Waals surface area contributed by atoms with Crippen molar-refractivity contribution in [3.63, 3.8) is 0 Å². The summed E-state index contributed by atoms with van der Waals surface area (Å²) in [6, 6.07) is 51.3. The van der Waals surface area contributed by atoms with Crippen LogP contribution in [0, 0.1) is 31.0 Å². The van der Waals surface area contributed by atoms with Gasteiger partial charge in [-0.3, -0.25) is 0 Å². The maximum atomic E-state index is 14.5. The molecule has 0 spiro atoms. The second-order valence-electron chi connectivity index (χ2n) is 14.8. The zero-order valence-corrected chi connectivity index (χ0v) is 32.4. The van der Waals surface area contributed by atoms with Crippen molar-refractivity contribution in [3.05, 3.63) is 209 Å². The van der Waals surface area contributed by atoms with E-state index in [0.29, 0.717) is 39.3 Å². The van der Waals surface area contributed by atoms with Crippen LogP contribution in [0.4, 0.5) is 30.2 Å². The molecule has 10 aromatic rings. The molecule has 0 radical (unpaired) electrons. The minimum Gasteiger partial charge on any atom is -0.308 e. The highest BCUT2D eigenvalue weighted by atomic mass is 19.4. The van der Waals surface area contributed by atoms with E-state index in [9.17, 15) is 18.4 Å². The third-order valence-corrected chi connectivity index (χ3v) is 11.4. The summed E-state index contributed by atoms with van der Waals surface area (Å²) in [4.78, 5) is 11.0. The van der Waals surface area contributed by atoms with Crippen molar-refractivity contribution in [3.8, 4) is 50.8 Å². The molecule has 2 aromatic heterocycles. The topological polar surface area (TPSA) is 46.7 Å². The van der Waals surface area contributed by atoms with Gasteiger partial charge < -0.3 is 9.13 Å². The quantitative estimate of drug-likeness (QED) is 0.160. The molecule has 0 aliphatic heterocycles. The minimum atomic E-state index is -4.73. The lowest BCUT2D eigenvalue weighted by atomic mass is 9.97. The number of fused-ring (bicyclic) bond motifs is 6. The first kappa shape index (κ1) is 37.4. The number of nitriles is 1. The Kier molecular flexibility index (Phi) is 8.70. The van der Waals surface area contributed by atoms with E-state index in [1.165, 1.54) is 6.07 Å². The summed E-state index contributed by atoms with van der Waals surface area (Å²) >= 11 is 0. The van der Waals surface area contributed by atoms with Gasteiger partial charge >= 0.3 is 6.18 Å². The van der Waals surface area contributed by atoms with Gasteiger partial charge in [0.15, 0.2) is 17.1 Å². The molecule has 62 heavy (non-hydrogen) atoms. The monoisotopic (exact) mass is 804 g/mol. The maximum Gasteiger partial charge on any atom is 0.415 e. The fraction of sp³-hybridized carbons (Fsp3) is 0.0189. The molecule has 0 atom stereocenters. The van der Waals surface area contributed by atoms with Gasteiger partial charge in [0.05, 0.1) is 53.2 Å². The van der Waals surface area contributed by atoms with Crippen LogP contribution in [-0.2, 0) is 6.18 Å². The van der Waals surface area contributed by atoms with Gasteiger partial charge in [-0.1, -0.05) is 109 Å². The molecule has 290 valence electrons. The molecule has 8 aromatic carbocycles. The number of para-hydroxylation sites is 4. The summed E-state index contributed by atoms with van der Waals surface area (Å²) in [5.74, 6) is 0. The number of halogens is 3. The van der Waals surface area contributed by atoms with Crippen LogP contribution in [0.3, 0.4) is 0 Å². The Hall–Kier alpha value is -8.89. The minimum absolute atomic E-state index is 0.151. The van der Waals surface area contributed by atoms with Crippen LogP contribution in [-0.4, -0.2) is 9.13 Å². The molecular weight excluding hydrogens is 778 g/mol. The first-order chi connectivity index (χ1) is 30.2. The van der Waals surface area contributed by atoms with Gasteiger partial charge in [0.25, 0.3) is 0 Å². The van der Waals surface area contributed by atoms with Gasteiger partial charge in [0, 0.05) is 27.1 Å². The number of nitrogens with zero attached hydrogens (tertiary/aromatic N) is 6. The number of hydrogen-bond acceptors (Lipinski definition) is 1. The third kappa shape index (κ3) is 5.93. The summed E-state index contributed by atoms with van der Waals surface area (Å²) < 4.78 is 47.4. The van der Waals surface area contributed by atoms with Crippen LogP contribution in [0.25, 0.3) is 103 Å². The molecule has 0 amide bonds. The molecule has 2 heterocycles. The highest BCUT2D eigenvalue weighted by Crippen LogP contribution is 2.44. The van der Waals surface area contributed by atoms with Crippen LogP contribution >= 0.6 is 0 Å². The fourth-order valence-electron chi connectivity index (χ4n) is 8.68. The number of alkyl halides is 3. The van der Waals surface area contributed by atoms with Gasteiger partial charge in [-0.05, 0) is 88.0 Å². The molecule has 0 saturated carbocycles. The highest BCUT2D eigenvalue weighted by molar-refractivity contribution is 6.12. The summed E-state index contributed by atoms with van der Waals surface area (Å²) in [5, 5.41) is 15.0. The van der Waals surface area contributed by atoms with Crippen molar-refractivity contribution in [2.45, 2.75) is 6.18 Å². The zero-order valence-electron chi connectivity index (χ0n) is 32.4. The van der Waals surface area contributed by atoms with Gasteiger partial charge in [0.1, 0.15) is 11.6 Å². The summed E-state index contributed by atoms with van der Waals surface area (Å²) in [7, 11) is 0. The molecule has 0 bridgehead atoms. The fourth-order valence-corrected chi connectivity index (χ4v) is 8.68. The van der Waals surface area contributed by atoms with Gasteiger partial charge in [-0.25, -0.2) is 14.5 Å². The highest BCUT2D eigenvalue weighted by Gasteiger charge is 2.32. The Morgan fingerprint density at radius 1 is 0.452 bits per heavy atom. The molecular formula is C53H27F3N6. The molecule has 0 N–H and O–H groups in total. The van der Waals surface area contributed by atoms with Crippen molar-refractivity contribution >= 4 is 60.7 Å². The molecule has 0 unspecified atom stereocenters. The lowest BCUT2D eigenvalue weighted by molar-refractivity contribution is -0.137. The molecule has 10 rings (SSSR count). The average Bonchev–Trinajstić information content (AvgIpc) is 3.82. The van der Waals surface area contributed by atoms with E-state index in [1.54, 1.807) is 24.3 Å². The second-order valence-corrected chi connectivity index (χ2v) is 14.8. The smallest absolute Gasteiger partial charge is 0.308 e. The van der Waals surface area contributed by atoms with E-state index < -0.39 is 11.7 Å². The Balaban J connectivity index is 1.37. The third-order valence-electron chi connectivity index (χ3n) is 11.4. The lowest BCUT2D eigenvalue weighted by Crippen LogP contribution is -2.06. The van der Waals surface area contributed by atoms with Gasteiger partial charge in [-0.2, -0.15) is 18.4 Å². The maximum absolute atomic E-state index is 14.5. The first-order valence-electron chi connectivity index (χ1n) is 19.4. The van der Waals surface area contributed by atoms with Crippen LogP contribution in [0.5, 0.6) is 0 Å². The van der Waals surface area contributed by atoms with Crippen molar-refractivity contribution in [1.82, 2.24) is 9.13 Å². The standard InChI is InChI=1S/C53H27F3N6/c1-58-37-25-34(24-36(30-37)53(54,55)56)35-28-51(61-47-18-10-6-14-40(47)42-22-20-32(26-49(42)61)38-12-4-8-16-45(38)59-2)44(31-57)52(29-35)62-48-19-11-7-15-41(48)43-23-21-33(27-50(43)62)39-13-5-9-17-46(39)60-3/h4-30H. The Bertz CT molecular complexity index is 3500. The van der Waals surface area contributed by atoms with Crippen molar-refractivity contribution in [1.29, 1.82) is 5.26 Å². The first-order valence-corrected chi connectivity index (χ1v) is 19.4. The number of aromatic nitrogens is 2. The van der Waals surface area contributed by atoms with Gasteiger partial charge in [0.2, 0.25) is 0 Å². The Morgan fingerprint density at radius 2 is 0.903 bits per heavy atom. The number of hydrogen-bond donors (Lipinski definition) is 0. The van der Waals surface area contributed by atoms with Crippen LogP contribution in [0.15, 0.2) is 164 Å². The zero-order chi connectivity index (χ0) is 42.7.